The largest absolute Gasteiger partial charge is 0.375 e. The molecule has 0 spiro atoms. The lowest BCUT2D eigenvalue weighted by Crippen LogP contribution is -2.18. The Morgan fingerprint density at radius 2 is 1.78 bits per heavy atom. The zero-order chi connectivity index (χ0) is 13.6. The van der Waals surface area contributed by atoms with Gasteiger partial charge in [-0.15, -0.1) is 0 Å². The van der Waals surface area contributed by atoms with Crippen molar-refractivity contribution in [2.24, 2.45) is 0 Å². The van der Waals surface area contributed by atoms with Crippen molar-refractivity contribution in [1.82, 2.24) is 0 Å². The lowest BCUT2D eigenvalue weighted by atomic mass is 10.2. The number of sulfonamides is 1. The molecule has 1 N–H and O–H groups in total. The Morgan fingerprint density at radius 3 is 2.28 bits per heavy atom. The Balaban J connectivity index is 2.68. The fourth-order valence-electron chi connectivity index (χ4n) is 1.56. The topological polar surface area (TPSA) is 49.4 Å². The standard InChI is InChI=1S/C13H22N2O2S/c1-4-6-11-15(3)13-9-7-12(8-10-13)14-18(16,17)5-2/h7-10,14H,4-6,11H2,1-3H3. The van der Waals surface area contributed by atoms with Gasteiger partial charge >= 0.3 is 0 Å². The van der Waals surface area contributed by atoms with Crippen molar-refractivity contribution in [2.75, 3.05) is 29.0 Å². The summed E-state index contributed by atoms with van der Waals surface area (Å²) in [5.41, 5.74) is 1.72. The molecule has 0 amide bonds. The minimum absolute atomic E-state index is 0.0884. The Kier molecular flexibility index (Phi) is 5.47. The molecule has 0 aromatic heterocycles. The molecule has 1 aromatic carbocycles. The number of rotatable bonds is 7. The maximum atomic E-state index is 11.4. The highest BCUT2D eigenvalue weighted by Gasteiger charge is 2.06. The second kappa shape index (κ2) is 6.64. The van der Waals surface area contributed by atoms with Crippen LogP contribution in [0.2, 0.25) is 0 Å². The van der Waals surface area contributed by atoms with Crippen LogP contribution in [0.15, 0.2) is 24.3 Å². The van der Waals surface area contributed by atoms with Crippen molar-refractivity contribution < 1.29 is 8.42 Å². The SMILES string of the molecule is CCCCN(C)c1ccc(NS(=O)(=O)CC)cc1. The molecule has 0 aliphatic rings. The number of unbranched alkanes of at least 4 members (excludes halogenated alkanes) is 1. The number of nitrogens with one attached hydrogen (secondary N) is 1. The van der Waals surface area contributed by atoms with Crippen LogP contribution in [-0.4, -0.2) is 27.8 Å². The smallest absolute Gasteiger partial charge is 0.232 e. The number of benzene rings is 1. The van der Waals surface area contributed by atoms with Crippen LogP contribution in [0.1, 0.15) is 26.7 Å². The summed E-state index contributed by atoms with van der Waals surface area (Å²) in [4.78, 5) is 2.17. The molecule has 0 bridgehead atoms. The lowest BCUT2D eigenvalue weighted by Gasteiger charge is -2.19. The van der Waals surface area contributed by atoms with E-state index in [1.54, 1.807) is 19.1 Å². The molecule has 0 aliphatic heterocycles. The fraction of sp³-hybridized carbons (Fsp3) is 0.538. The molecule has 0 saturated heterocycles. The third-order valence-corrected chi connectivity index (χ3v) is 4.12. The first-order valence-electron chi connectivity index (χ1n) is 6.30. The molecule has 102 valence electrons. The monoisotopic (exact) mass is 270 g/mol. The van der Waals surface area contributed by atoms with E-state index in [1.807, 2.05) is 19.2 Å². The van der Waals surface area contributed by atoms with Gasteiger partial charge in [0.2, 0.25) is 10.0 Å². The van der Waals surface area contributed by atoms with Crippen LogP contribution in [0.5, 0.6) is 0 Å². The molecule has 18 heavy (non-hydrogen) atoms. The van der Waals surface area contributed by atoms with Crippen LogP contribution < -0.4 is 9.62 Å². The van der Waals surface area contributed by atoms with Crippen molar-refractivity contribution in [2.45, 2.75) is 26.7 Å². The van der Waals surface area contributed by atoms with Gasteiger partial charge in [-0.25, -0.2) is 8.42 Å². The Morgan fingerprint density at radius 1 is 1.17 bits per heavy atom. The molecule has 5 heteroatoms. The van der Waals surface area contributed by atoms with Crippen LogP contribution in [0.25, 0.3) is 0 Å². The number of hydrogen-bond acceptors (Lipinski definition) is 3. The van der Waals surface area contributed by atoms with E-state index in [4.69, 9.17) is 0 Å². The van der Waals surface area contributed by atoms with Gasteiger partial charge in [-0.05, 0) is 37.6 Å². The predicted molar refractivity (Wildman–Crippen MR) is 77.7 cm³/mol. The summed E-state index contributed by atoms with van der Waals surface area (Å²) in [6, 6.07) is 7.46. The molecule has 0 unspecified atom stereocenters. The van der Waals surface area contributed by atoms with Crippen molar-refractivity contribution in [3.63, 3.8) is 0 Å². The second-order valence-corrected chi connectivity index (χ2v) is 6.34. The quantitative estimate of drug-likeness (QED) is 0.828. The summed E-state index contributed by atoms with van der Waals surface area (Å²) >= 11 is 0. The van der Waals surface area contributed by atoms with Gasteiger partial charge in [0.25, 0.3) is 0 Å². The fourth-order valence-corrected chi connectivity index (χ4v) is 2.20. The predicted octanol–water partition coefficient (Wildman–Crippen LogP) is 2.68. The first kappa shape index (κ1) is 14.8. The summed E-state index contributed by atoms with van der Waals surface area (Å²) in [6.07, 6.45) is 2.32. The van der Waals surface area contributed by atoms with E-state index >= 15 is 0 Å². The van der Waals surface area contributed by atoms with E-state index in [-0.39, 0.29) is 5.75 Å². The van der Waals surface area contributed by atoms with Gasteiger partial charge in [-0.2, -0.15) is 0 Å². The molecule has 4 nitrogen and oxygen atoms in total. The zero-order valence-corrected chi connectivity index (χ0v) is 12.1. The molecule has 0 heterocycles. The molecule has 0 fully saturated rings. The van der Waals surface area contributed by atoms with Gasteiger partial charge in [0, 0.05) is 25.0 Å². The summed E-state index contributed by atoms with van der Waals surface area (Å²) < 4.78 is 25.3. The van der Waals surface area contributed by atoms with Gasteiger partial charge in [0.05, 0.1) is 5.75 Å². The van der Waals surface area contributed by atoms with Crippen LogP contribution >= 0.6 is 0 Å². The van der Waals surface area contributed by atoms with E-state index in [1.165, 1.54) is 6.42 Å². The average molecular weight is 270 g/mol. The molecule has 0 radical (unpaired) electrons. The van der Waals surface area contributed by atoms with Gasteiger partial charge < -0.3 is 4.90 Å². The molecular formula is C13H22N2O2S. The lowest BCUT2D eigenvalue weighted by molar-refractivity contribution is 0.602. The van der Waals surface area contributed by atoms with E-state index < -0.39 is 10.0 Å². The molecule has 0 saturated carbocycles. The normalized spacial score (nSPS) is 11.3. The molecular weight excluding hydrogens is 248 g/mol. The Hall–Kier alpha value is -1.23. The Bertz CT molecular complexity index is 454. The van der Waals surface area contributed by atoms with Crippen LogP contribution in [-0.2, 0) is 10.0 Å². The molecule has 1 rings (SSSR count). The highest BCUT2D eigenvalue weighted by atomic mass is 32.2. The minimum atomic E-state index is -3.18. The van der Waals surface area contributed by atoms with E-state index in [2.05, 4.69) is 16.5 Å². The first-order valence-corrected chi connectivity index (χ1v) is 7.95. The highest BCUT2D eigenvalue weighted by molar-refractivity contribution is 7.92. The highest BCUT2D eigenvalue weighted by Crippen LogP contribution is 2.18. The van der Waals surface area contributed by atoms with Crippen molar-refractivity contribution in [3.8, 4) is 0 Å². The maximum absolute atomic E-state index is 11.4. The third kappa shape index (κ3) is 4.56. The van der Waals surface area contributed by atoms with E-state index in [0.29, 0.717) is 5.69 Å². The van der Waals surface area contributed by atoms with Gasteiger partial charge in [-0.3, -0.25) is 4.72 Å². The van der Waals surface area contributed by atoms with Crippen molar-refractivity contribution in [1.29, 1.82) is 0 Å². The average Bonchev–Trinajstić information content (AvgIpc) is 2.36. The third-order valence-electron chi connectivity index (χ3n) is 2.81. The number of hydrogen-bond donors (Lipinski definition) is 1. The van der Waals surface area contributed by atoms with Crippen LogP contribution in [0, 0.1) is 0 Å². The maximum Gasteiger partial charge on any atom is 0.232 e. The summed E-state index contributed by atoms with van der Waals surface area (Å²) in [7, 11) is -1.14. The van der Waals surface area contributed by atoms with E-state index in [0.717, 1.165) is 18.7 Å². The minimum Gasteiger partial charge on any atom is -0.375 e. The van der Waals surface area contributed by atoms with Gasteiger partial charge in [0.1, 0.15) is 0 Å². The molecule has 1 aromatic rings. The summed E-state index contributed by atoms with van der Waals surface area (Å²) in [5, 5.41) is 0. The number of nitrogens with zero attached hydrogens (tertiary/aromatic N) is 1. The van der Waals surface area contributed by atoms with Crippen molar-refractivity contribution >= 4 is 21.4 Å². The molecule has 0 atom stereocenters. The van der Waals surface area contributed by atoms with Crippen LogP contribution in [0.4, 0.5) is 11.4 Å². The first-order chi connectivity index (χ1) is 8.48. The van der Waals surface area contributed by atoms with Gasteiger partial charge in [-0.1, -0.05) is 13.3 Å². The Labute approximate surface area is 110 Å². The van der Waals surface area contributed by atoms with E-state index in [9.17, 15) is 8.42 Å². The zero-order valence-electron chi connectivity index (χ0n) is 11.3. The summed E-state index contributed by atoms with van der Waals surface area (Å²) in [6.45, 7) is 4.79. The van der Waals surface area contributed by atoms with Crippen molar-refractivity contribution in [3.05, 3.63) is 24.3 Å². The van der Waals surface area contributed by atoms with Gasteiger partial charge in [0.15, 0.2) is 0 Å². The second-order valence-electron chi connectivity index (χ2n) is 4.33. The summed E-state index contributed by atoms with van der Waals surface area (Å²) in [5.74, 6) is 0.0884. The van der Waals surface area contributed by atoms with Crippen LogP contribution in [0.3, 0.4) is 0 Å². The number of anilines is 2. The molecule has 0 aliphatic carbocycles.